The van der Waals surface area contributed by atoms with Crippen molar-refractivity contribution in [3.05, 3.63) is 52.8 Å². The van der Waals surface area contributed by atoms with E-state index in [0.29, 0.717) is 22.6 Å². The van der Waals surface area contributed by atoms with Crippen molar-refractivity contribution in [1.82, 2.24) is 4.57 Å². The fourth-order valence-corrected chi connectivity index (χ4v) is 2.64. The van der Waals surface area contributed by atoms with E-state index in [2.05, 4.69) is 0 Å². The quantitative estimate of drug-likeness (QED) is 0.523. The number of benzene rings is 1. The lowest BCUT2D eigenvalue weighted by Crippen LogP contribution is -2.20. The summed E-state index contributed by atoms with van der Waals surface area (Å²) in [6, 6.07) is 8.22. The maximum atomic E-state index is 12.1. The molecule has 2 aromatic rings. The number of hydrogen-bond acceptors (Lipinski definition) is 6. The van der Waals surface area contributed by atoms with E-state index >= 15 is 0 Å². The normalized spacial score (nSPS) is 10.4. The number of ether oxygens (including phenoxy) is 3. The first-order chi connectivity index (χ1) is 12.9. The van der Waals surface area contributed by atoms with Crippen LogP contribution in [0, 0.1) is 13.8 Å². The monoisotopic (exact) mass is 373 g/mol. The molecule has 7 heteroatoms. The minimum atomic E-state index is -0.561. The molecule has 0 aliphatic rings. The Morgan fingerprint density at radius 3 is 2.30 bits per heavy atom. The Bertz CT molecular complexity index is 835. The first-order valence-electron chi connectivity index (χ1n) is 8.54. The second-order valence-corrected chi connectivity index (χ2v) is 5.90. The molecule has 0 unspecified atom stereocenters. The van der Waals surface area contributed by atoms with Crippen molar-refractivity contribution in [2.45, 2.75) is 27.3 Å². The molecule has 0 N–H and O–H groups in total. The van der Waals surface area contributed by atoms with Gasteiger partial charge in [0.05, 0.1) is 19.3 Å². The SMILES string of the molecule is CCOC(=O)c1cc(C)n(CC(=O)OCC(=O)c2ccc(OC)cc2)c1C. The van der Waals surface area contributed by atoms with E-state index in [0.717, 1.165) is 5.69 Å². The molecule has 0 amide bonds. The van der Waals surface area contributed by atoms with E-state index in [9.17, 15) is 14.4 Å². The average molecular weight is 373 g/mol. The number of aryl methyl sites for hydroxylation is 1. The zero-order valence-corrected chi connectivity index (χ0v) is 15.9. The first kappa shape index (κ1) is 20.2. The predicted molar refractivity (Wildman–Crippen MR) is 98.1 cm³/mol. The number of ketones is 1. The lowest BCUT2D eigenvalue weighted by Gasteiger charge is -2.10. The summed E-state index contributed by atoms with van der Waals surface area (Å²) >= 11 is 0. The Morgan fingerprint density at radius 1 is 1.04 bits per heavy atom. The van der Waals surface area contributed by atoms with Crippen molar-refractivity contribution in [1.29, 1.82) is 0 Å². The van der Waals surface area contributed by atoms with Crippen LogP contribution in [-0.4, -0.2) is 42.6 Å². The van der Waals surface area contributed by atoms with Crippen LogP contribution in [0.2, 0.25) is 0 Å². The number of aromatic nitrogens is 1. The fraction of sp³-hybridized carbons (Fsp3) is 0.350. The largest absolute Gasteiger partial charge is 0.497 e. The molecule has 0 spiro atoms. The van der Waals surface area contributed by atoms with E-state index < -0.39 is 11.9 Å². The smallest absolute Gasteiger partial charge is 0.339 e. The zero-order chi connectivity index (χ0) is 20.0. The summed E-state index contributed by atoms with van der Waals surface area (Å²) in [6.07, 6.45) is 0. The number of esters is 2. The van der Waals surface area contributed by atoms with Crippen LogP contribution >= 0.6 is 0 Å². The molecule has 7 nitrogen and oxygen atoms in total. The second kappa shape index (κ2) is 9.02. The molecule has 1 aromatic carbocycles. The van der Waals surface area contributed by atoms with Gasteiger partial charge in [-0.25, -0.2) is 4.79 Å². The van der Waals surface area contributed by atoms with Gasteiger partial charge in [-0.1, -0.05) is 0 Å². The molecule has 1 heterocycles. The van der Waals surface area contributed by atoms with Crippen LogP contribution < -0.4 is 4.74 Å². The Labute approximate surface area is 157 Å². The van der Waals surface area contributed by atoms with E-state index in [-0.39, 0.29) is 25.5 Å². The van der Waals surface area contributed by atoms with Crippen LogP contribution in [-0.2, 0) is 20.8 Å². The molecule has 144 valence electrons. The number of rotatable bonds is 8. The van der Waals surface area contributed by atoms with Crippen LogP contribution in [0.4, 0.5) is 0 Å². The van der Waals surface area contributed by atoms with Gasteiger partial charge in [0.2, 0.25) is 0 Å². The van der Waals surface area contributed by atoms with Crippen LogP contribution in [0.15, 0.2) is 30.3 Å². The van der Waals surface area contributed by atoms with Gasteiger partial charge in [-0.05, 0) is 51.1 Å². The standard InChI is InChI=1S/C20H23NO6/c1-5-26-20(24)17-10-13(2)21(14(17)3)11-19(23)27-12-18(22)15-6-8-16(25-4)9-7-15/h6-10H,5,11-12H2,1-4H3. The van der Waals surface area contributed by atoms with E-state index in [1.165, 1.54) is 7.11 Å². The van der Waals surface area contributed by atoms with Crippen molar-refractivity contribution in [2.75, 3.05) is 20.3 Å². The third-order valence-corrected chi connectivity index (χ3v) is 4.13. The van der Waals surface area contributed by atoms with E-state index in [1.54, 1.807) is 55.7 Å². The summed E-state index contributed by atoms with van der Waals surface area (Å²) in [5.74, 6) is -0.660. The maximum absolute atomic E-state index is 12.1. The van der Waals surface area contributed by atoms with Crippen LogP contribution in [0.1, 0.15) is 39.0 Å². The van der Waals surface area contributed by atoms with Gasteiger partial charge >= 0.3 is 11.9 Å². The highest BCUT2D eigenvalue weighted by Gasteiger charge is 2.19. The van der Waals surface area contributed by atoms with Crippen molar-refractivity contribution < 1.29 is 28.6 Å². The molecule has 2 rings (SSSR count). The van der Waals surface area contributed by atoms with Gasteiger partial charge in [-0.3, -0.25) is 9.59 Å². The Hall–Kier alpha value is -3.09. The minimum Gasteiger partial charge on any atom is -0.497 e. The topological polar surface area (TPSA) is 83.8 Å². The molecule has 0 aliphatic heterocycles. The molecule has 0 saturated carbocycles. The summed E-state index contributed by atoms with van der Waals surface area (Å²) in [5.41, 5.74) is 2.19. The molecule has 0 fully saturated rings. The highest BCUT2D eigenvalue weighted by atomic mass is 16.5. The summed E-state index contributed by atoms with van der Waals surface area (Å²) in [5, 5.41) is 0. The lowest BCUT2D eigenvalue weighted by molar-refractivity contribution is -0.143. The van der Waals surface area contributed by atoms with Gasteiger partial charge in [-0.15, -0.1) is 0 Å². The first-order valence-corrected chi connectivity index (χ1v) is 8.54. The summed E-state index contributed by atoms with van der Waals surface area (Å²) < 4.78 is 16.8. The summed E-state index contributed by atoms with van der Waals surface area (Å²) in [4.78, 5) is 36.2. The van der Waals surface area contributed by atoms with Crippen molar-refractivity contribution >= 4 is 17.7 Å². The highest BCUT2D eigenvalue weighted by Crippen LogP contribution is 2.17. The van der Waals surface area contributed by atoms with E-state index in [4.69, 9.17) is 14.2 Å². The molecule has 0 radical (unpaired) electrons. The molecule has 1 aromatic heterocycles. The predicted octanol–water partition coefficient (Wildman–Crippen LogP) is 2.72. The summed E-state index contributed by atoms with van der Waals surface area (Å²) in [7, 11) is 1.54. The molecule has 0 saturated heterocycles. The Kier molecular flexibility index (Phi) is 6.76. The maximum Gasteiger partial charge on any atom is 0.339 e. The van der Waals surface area contributed by atoms with Gasteiger partial charge in [0.25, 0.3) is 0 Å². The lowest BCUT2D eigenvalue weighted by atomic mass is 10.1. The minimum absolute atomic E-state index is 0.0903. The van der Waals surface area contributed by atoms with Crippen molar-refractivity contribution in [3.63, 3.8) is 0 Å². The third kappa shape index (κ3) is 4.97. The van der Waals surface area contributed by atoms with Gasteiger partial charge in [0.15, 0.2) is 12.4 Å². The highest BCUT2D eigenvalue weighted by molar-refractivity contribution is 5.98. The van der Waals surface area contributed by atoms with Crippen LogP contribution in [0.3, 0.4) is 0 Å². The second-order valence-electron chi connectivity index (χ2n) is 5.90. The molecule has 0 bridgehead atoms. The van der Waals surface area contributed by atoms with Crippen molar-refractivity contribution in [3.8, 4) is 5.75 Å². The summed E-state index contributed by atoms with van der Waals surface area (Å²) in [6.45, 7) is 5.08. The van der Waals surface area contributed by atoms with Gasteiger partial charge in [0.1, 0.15) is 12.3 Å². The fourth-order valence-electron chi connectivity index (χ4n) is 2.64. The van der Waals surface area contributed by atoms with Gasteiger partial charge < -0.3 is 18.8 Å². The van der Waals surface area contributed by atoms with Gasteiger partial charge in [0, 0.05) is 17.0 Å². The van der Waals surface area contributed by atoms with E-state index in [1.807, 2.05) is 0 Å². The van der Waals surface area contributed by atoms with Crippen LogP contribution in [0.25, 0.3) is 0 Å². The molecular formula is C20H23NO6. The molecule has 0 aliphatic carbocycles. The molecule has 27 heavy (non-hydrogen) atoms. The number of methoxy groups -OCH3 is 1. The number of Topliss-reactive ketones (excluding diaryl/α,β-unsaturated/α-hetero) is 1. The number of carbonyl (C=O) groups is 3. The number of hydrogen-bond donors (Lipinski definition) is 0. The zero-order valence-electron chi connectivity index (χ0n) is 15.9. The van der Waals surface area contributed by atoms with Gasteiger partial charge in [-0.2, -0.15) is 0 Å². The number of nitrogens with zero attached hydrogens (tertiary/aromatic N) is 1. The molecule has 0 atom stereocenters. The Morgan fingerprint density at radius 2 is 1.70 bits per heavy atom. The number of carbonyl (C=O) groups excluding carboxylic acids is 3. The Balaban J connectivity index is 1.97. The average Bonchev–Trinajstić information content (AvgIpc) is 2.94. The van der Waals surface area contributed by atoms with Crippen LogP contribution in [0.5, 0.6) is 5.75 Å². The molecular weight excluding hydrogens is 350 g/mol. The third-order valence-electron chi connectivity index (χ3n) is 4.13. The van der Waals surface area contributed by atoms with Crippen molar-refractivity contribution in [2.24, 2.45) is 0 Å².